The van der Waals surface area contributed by atoms with E-state index in [-0.39, 0.29) is 5.43 Å². The molecule has 0 bridgehead atoms. The first-order chi connectivity index (χ1) is 7.84. The predicted octanol–water partition coefficient (Wildman–Crippen LogP) is 2.95. The molecule has 0 N–H and O–H groups in total. The van der Waals surface area contributed by atoms with Gasteiger partial charge in [0.1, 0.15) is 0 Å². The smallest absolute Gasteiger partial charge is 0.187 e. The molecule has 0 aliphatic heterocycles. The fraction of sp³-hybridized carbons (Fsp3) is 0. The minimum atomic E-state index is 0.122. The summed E-state index contributed by atoms with van der Waals surface area (Å²) >= 11 is 0. The maximum atomic E-state index is 12.0. The van der Waals surface area contributed by atoms with Crippen LogP contribution in [0.4, 0.5) is 0 Å². The van der Waals surface area contributed by atoms with Gasteiger partial charge in [0.15, 0.2) is 5.43 Å². The summed E-state index contributed by atoms with van der Waals surface area (Å²) in [5.74, 6) is 0. The lowest BCUT2D eigenvalue weighted by Crippen LogP contribution is -1.99. The zero-order valence-electron chi connectivity index (χ0n) is 8.53. The van der Waals surface area contributed by atoms with E-state index in [4.69, 9.17) is 0 Å². The molecule has 0 radical (unpaired) electrons. The summed E-state index contributed by atoms with van der Waals surface area (Å²) < 4.78 is 0. The van der Waals surface area contributed by atoms with Crippen LogP contribution in [-0.2, 0) is 0 Å². The summed E-state index contributed by atoms with van der Waals surface area (Å²) in [4.78, 5) is 12.0. The summed E-state index contributed by atoms with van der Waals surface area (Å²) in [5, 5.41) is 6.64. The Hall–Kier alpha value is -2.15. The molecular weight excluding hydrogens is 196 g/mol. The summed E-state index contributed by atoms with van der Waals surface area (Å²) in [7, 11) is 0. The molecule has 2 aromatic carbocycles. The standard InChI is InChI=1S/C15H8O/c16-13-8-11-4-1-3-9-7-10-5-2-6-12(13)15(10)14(9)11/h1-8H. The van der Waals surface area contributed by atoms with Crippen LogP contribution in [0.1, 0.15) is 0 Å². The lowest BCUT2D eigenvalue weighted by molar-refractivity contribution is 1.59. The van der Waals surface area contributed by atoms with Gasteiger partial charge in [0, 0.05) is 10.6 Å². The summed E-state index contributed by atoms with van der Waals surface area (Å²) in [6.07, 6.45) is 0. The molecule has 16 heavy (non-hydrogen) atoms. The molecule has 0 amide bonds. The van der Waals surface area contributed by atoms with Crippen LogP contribution in [0.3, 0.4) is 0 Å². The Bertz CT molecular complexity index is 908. The minimum absolute atomic E-state index is 0.122. The van der Waals surface area contributed by atoms with Gasteiger partial charge >= 0.3 is 0 Å². The van der Waals surface area contributed by atoms with Crippen LogP contribution in [0, 0.1) is 10.4 Å². The van der Waals surface area contributed by atoms with Crippen molar-refractivity contribution in [3.05, 3.63) is 69.2 Å². The molecule has 0 aromatic heterocycles. The van der Waals surface area contributed by atoms with E-state index in [0.29, 0.717) is 0 Å². The SMILES string of the molecule is O=c1cc2cccc3cc4cccc1c4=c23. The van der Waals surface area contributed by atoms with Crippen LogP contribution >= 0.6 is 0 Å². The van der Waals surface area contributed by atoms with Gasteiger partial charge in [0.25, 0.3) is 0 Å². The summed E-state index contributed by atoms with van der Waals surface area (Å²) in [6.45, 7) is 0. The topological polar surface area (TPSA) is 17.1 Å². The van der Waals surface area contributed by atoms with Crippen molar-refractivity contribution in [2.75, 3.05) is 0 Å². The van der Waals surface area contributed by atoms with Gasteiger partial charge in [-0.25, -0.2) is 0 Å². The van der Waals surface area contributed by atoms with Gasteiger partial charge in [-0.15, -0.1) is 0 Å². The van der Waals surface area contributed by atoms with Crippen LogP contribution < -0.4 is 5.43 Å². The fourth-order valence-electron chi connectivity index (χ4n) is 2.68. The fourth-order valence-corrected chi connectivity index (χ4v) is 2.68. The molecule has 2 aliphatic rings. The van der Waals surface area contributed by atoms with Gasteiger partial charge in [-0.1, -0.05) is 36.4 Å². The highest BCUT2D eigenvalue weighted by Crippen LogP contribution is 2.24. The van der Waals surface area contributed by atoms with Crippen molar-refractivity contribution in [1.29, 1.82) is 0 Å². The second-order valence-electron chi connectivity index (χ2n) is 4.23. The average Bonchev–Trinajstić information content (AvgIpc) is 2.67. The number of benzene rings is 2. The van der Waals surface area contributed by atoms with Crippen LogP contribution in [0.2, 0.25) is 0 Å². The molecule has 0 saturated heterocycles. The third-order valence-corrected chi connectivity index (χ3v) is 3.34. The zero-order chi connectivity index (χ0) is 10.7. The molecule has 0 spiro atoms. The van der Waals surface area contributed by atoms with Crippen LogP contribution in [-0.4, -0.2) is 0 Å². The third kappa shape index (κ3) is 0.797. The van der Waals surface area contributed by atoms with Crippen LogP contribution in [0.5, 0.6) is 0 Å². The van der Waals surface area contributed by atoms with E-state index in [9.17, 15) is 4.79 Å². The lowest BCUT2D eigenvalue weighted by Gasteiger charge is -1.97. The maximum Gasteiger partial charge on any atom is 0.187 e. The molecule has 4 rings (SSSR count). The molecule has 1 heteroatoms. The Morgan fingerprint density at radius 1 is 0.688 bits per heavy atom. The van der Waals surface area contributed by atoms with Gasteiger partial charge in [-0.3, -0.25) is 4.79 Å². The van der Waals surface area contributed by atoms with Crippen molar-refractivity contribution in [2.45, 2.75) is 0 Å². The Balaban J connectivity index is 2.67. The van der Waals surface area contributed by atoms with Crippen molar-refractivity contribution < 1.29 is 0 Å². The van der Waals surface area contributed by atoms with Gasteiger partial charge in [-0.2, -0.15) is 0 Å². The lowest BCUT2D eigenvalue weighted by atomic mass is 10.1. The highest BCUT2D eigenvalue weighted by Gasteiger charge is 2.08. The van der Waals surface area contributed by atoms with Gasteiger partial charge in [0.05, 0.1) is 0 Å². The Morgan fingerprint density at radius 2 is 1.31 bits per heavy atom. The first-order valence-electron chi connectivity index (χ1n) is 5.35. The number of hydrogen-bond acceptors (Lipinski definition) is 1. The molecule has 0 unspecified atom stereocenters. The van der Waals surface area contributed by atoms with Gasteiger partial charge < -0.3 is 0 Å². The monoisotopic (exact) mass is 204 g/mol. The molecule has 74 valence electrons. The molecule has 0 atom stereocenters. The zero-order valence-corrected chi connectivity index (χ0v) is 8.53. The van der Waals surface area contributed by atoms with E-state index in [1.165, 1.54) is 16.0 Å². The molecule has 1 nitrogen and oxygen atoms in total. The highest BCUT2D eigenvalue weighted by atomic mass is 16.1. The van der Waals surface area contributed by atoms with E-state index in [0.717, 1.165) is 16.0 Å². The van der Waals surface area contributed by atoms with Gasteiger partial charge in [0.2, 0.25) is 0 Å². The van der Waals surface area contributed by atoms with E-state index >= 15 is 0 Å². The van der Waals surface area contributed by atoms with Gasteiger partial charge in [-0.05, 0) is 33.5 Å². The van der Waals surface area contributed by atoms with Crippen molar-refractivity contribution in [2.24, 2.45) is 0 Å². The largest absolute Gasteiger partial charge is 0.289 e. The second kappa shape index (κ2) is 2.50. The Morgan fingerprint density at radius 3 is 2.12 bits per heavy atom. The second-order valence-corrected chi connectivity index (χ2v) is 4.23. The van der Waals surface area contributed by atoms with Crippen molar-refractivity contribution >= 4 is 21.5 Å². The first kappa shape index (κ1) is 8.05. The van der Waals surface area contributed by atoms with Crippen molar-refractivity contribution in [3.8, 4) is 0 Å². The maximum absolute atomic E-state index is 12.0. The molecule has 0 fully saturated rings. The predicted molar refractivity (Wildman–Crippen MR) is 65.4 cm³/mol. The van der Waals surface area contributed by atoms with Crippen LogP contribution in [0.15, 0.2) is 53.3 Å². The molecular formula is C15H8O. The van der Waals surface area contributed by atoms with Crippen molar-refractivity contribution in [3.63, 3.8) is 0 Å². The molecule has 2 aromatic rings. The number of rotatable bonds is 0. The minimum Gasteiger partial charge on any atom is -0.289 e. The van der Waals surface area contributed by atoms with E-state index in [1.54, 1.807) is 6.07 Å². The highest BCUT2D eigenvalue weighted by molar-refractivity contribution is 5.86. The quantitative estimate of drug-likeness (QED) is 0.430. The normalized spacial score (nSPS) is 12.0. The van der Waals surface area contributed by atoms with E-state index in [2.05, 4.69) is 18.2 Å². The van der Waals surface area contributed by atoms with E-state index in [1.807, 2.05) is 24.3 Å². The van der Waals surface area contributed by atoms with Crippen LogP contribution in [0.25, 0.3) is 21.5 Å². The Kier molecular flexibility index (Phi) is 1.26. The molecule has 2 aliphatic carbocycles. The average molecular weight is 204 g/mol. The molecule has 0 saturated carbocycles. The summed E-state index contributed by atoms with van der Waals surface area (Å²) in [5.41, 5.74) is 0.122. The Labute approximate surface area is 91.3 Å². The van der Waals surface area contributed by atoms with E-state index < -0.39 is 0 Å². The molecule has 0 heterocycles. The third-order valence-electron chi connectivity index (χ3n) is 3.34. The summed E-state index contributed by atoms with van der Waals surface area (Å²) in [6, 6.07) is 16.0. The first-order valence-corrected chi connectivity index (χ1v) is 5.35. The number of hydrogen-bond donors (Lipinski definition) is 0. The van der Waals surface area contributed by atoms with Crippen molar-refractivity contribution in [1.82, 2.24) is 0 Å².